The summed E-state index contributed by atoms with van der Waals surface area (Å²) in [5, 5.41) is 7.39. The van der Waals surface area contributed by atoms with Crippen molar-refractivity contribution < 1.29 is 45.0 Å². The van der Waals surface area contributed by atoms with E-state index >= 15 is 0 Å². The first-order chi connectivity index (χ1) is 15.5. The number of hydrogen-bond acceptors (Lipinski definition) is 5. The highest BCUT2D eigenvalue weighted by Gasteiger charge is 2.47. The highest BCUT2D eigenvalue weighted by molar-refractivity contribution is 7.91. The van der Waals surface area contributed by atoms with Gasteiger partial charge in [-0.25, -0.2) is 17.2 Å². The number of aliphatic hydroxyl groups is 1. The van der Waals surface area contributed by atoms with Crippen molar-refractivity contribution in [1.29, 1.82) is 0 Å². The molecular formula is C22H21F5O5S. The van der Waals surface area contributed by atoms with Gasteiger partial charge in [-0.3, -0.25) is 0 Å². The van der Waals surface area contributed by atoms with Gasteiger partial charge in [-0.05, 0) is 42.8 Å². The van der Waals surface area contributed by atoms with Crippen molar-refractivity contribution in [3.8, 4) is 5.75 Å². The number of aliphatic hydroxyl groups excluding tert-OH is 1. The molecule has 0 unspecified atom stereocenters. The third-order valence-corrected chi connectivity index (χ3v) is 7.52. The smallest absolute Gasteiger partial charge is 0.416 e. The van der Waals surface area contributed by atoms with Crippen molar-refractivity contribution in [2.45, 2.75) is 28.8 Å². The lowest BCUT2D eigenvalue weighted by Gasteiger charge is -2.37. The standard InChI is InChI=1S/C22H21F5O5S/c1-2-3-18(31-11-10-28)15-12-32-20-17(24)9-8-16(23)19(20)21(15)33(29,30)14-6-4-13(5-7-14)22(25,26)27/h2,4-9,15,18,21,28H,1,3,10-12H2/t15-,18+,21-/m0/s1. The molecule has 0 spiro atoms. The monoisotopic (exact) mass is 492 g/mol. The quantitative estimate of drug-likeness (QED) is 0.435. The van der Waals surface area contributed by atoms with Gasteiger partial charge in [0.15, 0.2) is 21.4 Å². The Morgan fingerprint density at radius 2 is 1.79 bits per heavy atom. The predicted molar refractivity (Wildman–Crippen MR) is 108 cm³/mol. The molecule has 0 saturated carbocycles. The highest BCUT2D eigenvalue weighted by Crippen LogP contribution is 2.47. The van der Waals surface area contributed by atoms with Crippen LogP contribution in [-0.4, -0.2) is 39.4 Å². The van der Waals surface area contributed by atoms with E-state index in [1.54, 1.807) is 0 Å². The number of fused-ring (bicyclic) bond motifs is 1. The molecule has 11 heteroatoms. The van der Waals surface area contributed by atoms with Crippen LogP contribution in [0.5, 0.6) is 5.75 Å². The second kappa shape index (κ2) is 9.78. The van der Waals surface area contributed by atoms with Gasteiger partial charge in [0.05, 0.1) is 41.9 Å². The molecule has 0 bridgehead atoms. The Kier molecular flexibility index (Phi) is 7.45. The molecule has 1 N–H and O–H groups in total. The largest absolute Gasteiger partial charge is 0.490 e. The molecule has 3 rings (SSSR count). The van der Waals surface area contributed by atoms with E-state index in [2.05, 4.69) is 6.58 Å². The van der Waals surface area contributed by atoms with Crippen LogP contribution in [0.2, 0.25) is 0 Å². The number of benzene rings is 2. The molecular weight excluding hydrogens is 471 g/mol. The Balaban J connectivity index is 2.17. The summed E-state index contributed by atoms with van der Waals surface area (Å²) in [4.78, 5) is -0.499. The summed E-state index contributed by atoms with van der Waals surface area (Å²) in [7, 11) is -4.55. The van der Waals surface area contributed by atoms with Crippen LogP contribution < -0.4 is 4.74 Å². The Hall–Kier alpha value is -2.50. The molecule has 180 valence electrons. The van der Waals surface area contributed by atoms with Gasteiger partial charge in [-0.15, -0.1) is 6.58 Å². The normalized spacial score (nSPS) is 19.5. The molecule has 1 aliphatic heterocycles. The van der Waals surface area contributed by atoms with E-state index in [0.717, 1.165) is 24.3 Å². The molecule has 1 aliphatic rings. The topological polar surface area (TPSA) is 72.8 Å². The maximum Gasteiger partial charge on any atom is 0.416 e. The van der Waals surface area contributed by atoms with Gasteiger partial charge in [-0.1, -0.05) is 6.08 Å². The lowest BCUT2D eigenvalue weighted by atomic mass is 9.89. The minimum absolute atomic E-state index is 0.0966. The molecule has 2 aromatic carbocycles. The average molecular weight is 492 g/mol. The van der Waals surface area contributed by atoms with Gasteiger partial charge in [0.1, 0.15) is 11.1 Å². The van der Waals surface area contributed by atoms with Crippen molar-refractivity contribution in [1.82, 2.24) is 0 Å². The third kappa shape index (κ3) is 5.04. The second-order valence-electron chi connectivity index (χ2n) is 7.39. The van der Waals surface area contributed by atoms with Crippen LogP contribution in [0.25, 0.3) is 0 Å². The number of hydrogen-bond donors (Lipinski definition) is 1. The zero-order chi connectivity index (χ0) is 24.4. The zero-order valence-electron chi connectivity index (χ0n) is 17.2. The van der Waals surface area contributed by atoms with Crippen LogP contribution in [0.4, 0.5) is 22.0 Å². The lowest BCUT2D eigenvalue weighted by Crippen LogP contribution is -2.41. The SMILES string of the molecule is C=CC[C@@H](OCCO)[C@@H]1COc2c(F)ccc(F)c2[C@H]1S(=O)(=O)c1ccc(C(F)(F)F)cc1. The number of rotatable bonds is 8. The molecule has 0 aromatic heterocycles. The van der Waals surface area contributed by atoms with E-state index in [-0.39, 0.29) is 26.2 Å². The van der Waals surface area contributed by atoms with E-state index in [1.807, 2.05) is 0 Å². The highest BCUT2D eigenvalue weighted by atomic mass is 32.2. The molecule has 0 saturated heterocycles. The Bertz CT molecular complexity index is 1100. The zero-order valence-corrected chi connectivity index (χ0v) is 18.0. The van der Waals surface area contributed by atoms with E-state index < -0.39 is 66.7 Å². The van der Waals surface area contributed by atoms with E-state index in [4.69, 9.17) is 14.6 Å². The van der Waals surface area contributed by atoms with Crippen molar-refractivity contribution in [2.24, 2.45) is 5.92 Å². The van der Waals surface area contributed by atoms with Crippen molar-refractivity contribution >= 4 is 9.84 Å². The Labute approximate surface area is 187 Å². The summed E-state index contributed by atoms with van der Waals surface area (Å²) >= 11 is 0. The molecule has 1 heterocycles. The minimum atomic E-state index is -4.68. The van der Waals surface area contributed by atoms with Crippen LogP contribution in [0, 0.1) is 17.6 Å². The van der Waals surface area contributed by atoms with Crippen LogP contribution >= 0.6 is 0 Å². The minimum Gasteiger partial charge on any atom is -0.490 e. The molecule has 0 amide bonds. The van der Waals surface area contributed by atoms with Crippen LogP contribution in [0.15, 0.2) is 53.9 Å². The maximum atomic E-state index is 14.9. The summed E-state index contributed by atoms with van der Waals surface area (Å²) in [6.45, 7) is 2.67. The maximum absolute atomic E-state index is 14.9. The number of alkyl halides is 3. The van der Waals surface area contributed by atoms with Crippen LogP contribution in [0.3, 0.4) is 0 Å². The summed E-state index contributed by atoms with van der Waals surface area (Å²) in [5.41, 5.74) is -1.62. The van der Waals surface area contributed by atoms with Gasteiger partial charge in [0.25, 0.3) is 0 Å². The van der Waals surface area contributed by atoms with E-state index in [9.17, 15) is 30.4 Å². The lowest BCUT2D eigenvalue weighted by molar-refractivity contribution is -0.137. The van der Waals surface area contributed by atoms with E-state index in [0.29, 0.717) is 12.1 Å². The molecule has 0 aliphatic carbocycles. The van der Waals surface area contributed by atoms with Gasteiger partial charge >= 0.3 is 6.18 Å². The summed E-state index contributed by atoms with van der Waals surface area (Å²) in [5.74, 6) is -3.68. The van der Waals surface area contributed by atoms with Gasteiger partial charge in [0, 0.05) is 5.92 Å². The Morgan fingerprint density at radius 1 is 1.15 bits per heavy atom. The molecule has 5 nitrogen and oxygen atoms in total. The molecule has 0 fully saturated rings. The van der Waals surface area contributed by atoms with Crippen molar-refractivity contribution in [3.05, 3.63) is 71.8 Å². The first-order valence-electron chi connectivity index (χ1n) is 9.87. The van der Waals surface area contributed by atoms with Crippen LogP contribution in [-0.2, 0) is 20.8 Å². The fourth-order valence-electron chi connectivity index (χ4n) is 3.84. The summed E-state index contributed by atoms with van der Waals surface area (Å²) in [6.07, 6.45) is -4.07. The number of ether oxygens (including phenoxy) is 2. The Morgan fingerprint density at radius 3 is 2.36 bits per heavy atom. The molecule has 0 radical (unpaired) electrons. The summed E-state index contributed by atoms with van der Waals surface area (Å²) < 4.78 is 106. The van der Waals surface area contributed by atoms with Crippen molar-refractivity contribution in [3.63, 3.8) is 0 Å². The van der Waals surface area contributed by atoms with Gasteiger partial charge in [-0.2, -0.15) is 13.2 Å². The molecule has 2 aromatic rings. The second-order valence-corrected chi connectivity index (χ2v) is 9.46. The van der Waals surface area contributed by atoms with Gasteiger partial charge in [0.2, 0.25) is 0 Å². The van der Waals surface area contributed by atoms with Crippen LogP contribution in [0.1, 0.15) is 22.8 Å². The molecule has 33 heavy (non-hydrogen) atoms. The van der Waals surface area contributed by atoms with Crippen molar-refractivity contribution in [2.75, 3.05) is 19.8 Å². The summed E-state index contributed by atoms with van der Waals surface area (Å²) in [6, 6.07) is 4.31. The molecule has 3 atom stereocenters. The number of halogens is 5. The first kappa shape index (κ1) is 25.1. The van der Waals surface area contributed by atoms with E-state index in [1.165, 1.54) is 6.08 Å². The first-order valence-corrected chi connectivity index (χ1v) is 11.4. The van der Waals surface area contributed by atoms with Gasteiger partial charge < -0.3 is 14.6 Å². The third-order valence-electron chi connectivity index (χ3n) is 5.33. The predicted octanol–water partition coefficient (Wildman–Crippen LogP) is 4.46. The number of sulfone groups is 1. The fourth-order valence-corrected chi connectivity index (χ4v) is 5.90. The average Bonchev–Trinajstić information content (AvgIpc) is 2.78. The fraction of sp³-hybridized carbons (Fsp3) is 0.364.